The lowest BCUT2D eigenvalue weighted by Crippen LogP contribution is -2.06. The van der Waals surface area contributed by atoms with Gasteiger partial charge in [0.2, 0.25) is 0 Å². The molecule has 0 fully saturated rings. The summed E-state index contributed by atoms with van der Waals surface area (Å²) in [6.07, 6.45) is -4.31. The van der Waals surface area contributed by atoms with Gasteiger partial charge in [0.25, 0.3) is 0 Å². The molecule has 0 saturated heterocycles. The Hall–Kier alpha value is -1.55. The zero-order valence-corrected chi connectivity index (χ0v) is 9.25. The van der Waals surface area contributed by atoms with Crippen molar-refractivity contribution in [3.63, 3.8) is 0 Å². The lowest BCUT2D eigenvalue weighted by atomic mass is 10.0. The molecule has 2 aromatic rings. The quantitative estimate of drug-likeness (QED) is 0.803. The first kappa shape index (κ1) is 11.9. The Labute approximate surface area is 97.0 Å². The Bertz CT molecular complexity index is 544. The molecule has 0 amide bonds. The fourth-order valence-corrected chi connectivity index (χ4v) is 1.72. The Balaban J connectivity index is 2.59. The standard InChI is InChI=1S/C13H12F3N/c1-8(17)10-3-2-9-4-5-12(13(14,15)16)7-11(9)6-10/h2-8H,17H2,1H3. The van der Waals surface area contributed by atoms with Crippen LogP contribution in [0.25, 0.3) is 10.8 Å². The second-order valence-electron chi connectivity index (χ2n) is 4.11. The number of fused-ring (bicyclic) bond motifs is 1. The maximum absolute atomic E-state index is 12.6. The lowest BCUT2D eigenvalue weighted by Gasteiger charge is -2.10. The minimum atomic E-state index is -4.31. The van der Waals surface area contributed by atoms with Gasteiger partial charge in [-0.3, -0.25) is 0 Å². The van der Waals surface area contributed by atoms with E-state index in [2.05, 4.69) is 0 Å². The Morgan fingerprint density at radius 3 is 2.24 bits per heavy atom. The van der Waals surface area contributed by atoms with E-state index < -0.39 is 11.7 Å². The normalized spacial score (nSPS) is 13.9. The molecule has 0 aliphatic carbocycles. The number of nitrogens with two attached hydrogens (primary N) is 1. The molecule has 0 radical (unpaired) electrons. The minimum Gasteiger partial charge on any atom is -0.324 e. The molecule has 1 unspecified atom stereocenters. The molecule has 1 atom stereocenters. The van der Waals surface area contributed by atoms with Gasteiger partial charge in [-0.1, -0.05) is 18.2 Å². The molecule has 2 rings (SSSR count). The van der Waals surface area contributed by atoms with Crippen molar-refractivity contribution in [1.29, 1.82) is 0 Å². The monoisotopic (exact) mass is 239 g/mol. The summed E-state index contributed by atoms with van der Waals surface area (Å²) in [5.74, 6) is 0. The largest absolute Gasteiger partial charge is 0.416 e. The molecule has 0 bridgehead atoms. The van der Waals surface area contributed by atoms with Crippen LogP contribution in [0.1, 0.15) is 24.1 Å². The van der Waals surface area contributed by atoms with E-state index in [1.165, 1.54) is 6.07 Å². The summed E-state index contributed by atoms with van der Waals surface area (Å²) in [7, 11) is 0. The second-order valence-corrected chi connectivity index (χ2v) is 4.11. The van der Waals surface area contributed by atoms with Crippen molar-refractivity contribution < 1.29 is 13.2 Å². The van der Waals surface area contributed by atoms with Crippen LogP contribution >= 0.6 is 0 Å². The highest BCUT2D eigenvalue weighted by Gasteiger charge is 2.30. The molecule has 4 heteroatoms. The Morgan fingerprint density at radius 2 is 1.65 bits per heavy atom. The number of benzene rings is 2. The molecule has 0 heterocycles. The molecule has 2 aromatic carbocycles. The van der Waals surface area contributed by atoms with Gasteiger partial charge < -0.3 is 5.73 Å². The first-order valence-electron chi connectivity index (χ1n) is 5.24. The highest BCUT2D eigenvalue weighted by molar-refractivity contribution is 5.84. The van der Waals surface area contributed by atoms with Crippen molar-refractivity contribution in [3.8, 4) is 0 Å². The molecule has 0 aliphatic rings. The lowest BCUT2D eigenvalue weighted by molar-refractivity contribution is -0.137. The third kappa shape index (κ3) is 2.42. The van der Waals surface area contributed by atoms with E-state index in [4.69, 9.17) is 5.73 Å². The summed E-state index contributed by atoms with van der Waals surface area (Å²) < 4.78 is 37.7. The molecule has 0 aliphatic heterocycles. The smallest absolute Gasteiger partial charge is 0.324 e. The van der Waals surface area contributed by atoms with Gasteiger partial charge in [0.05, 0.1) is 5.56 Å². The van der Waals surface area contributed by atoms with Gasteiger partial charge in [0.1, 0.15) is 0 Å². The van der Waals surface area contributed by atoms with Gasteiger partial charge in [-0.2, -0.15) is 13.2 Å². The molecule has 2 N–H and O–H groups in total. The minimum absolute atomic E-state index is 0.186. The summed E-state index contributed by atoms with van der Waals surface area (Å²) in [5, 5.41) is 1.34. The van der Waals surface area contributed by atoms with Crippen LogP contribution in [0.2, 0.25) is 0 Å². The van der Waals surface area contributed by atoms with E-state index in [-0.39, 0.29) is 6.04 Å². The third-order valence-electron chi connectivity index (χ3n) is 2.72. The van der Waals surface area contributed by atoms with Crippen LogP contribution < -0.4 is 5.73 Å². The number of hydrogen-bond donors (Lipinski definition) is 1. The topological polar surface area (TPSA) is 26.0 Å². The molecule has 1 nitrogen and oxygen atoms in total. The molecular formula is C13H12F3N. The van der Waals surface area contributed by atoms with Crippen LogP contribution in [0.3, 0.4) is 0 Å². The molecule has 0 spiro atoms. The average Bonchev–Trinajstić information content (AvgIpc) is 2.26. The fourth-order valence-electron chi connectivity index (χ4n) is 1.72. The van der Waals surface area contributed by atoms with E-state index in [9.17, 15) is 13.2 Å². The highest BCUT2D eigenvalue weighted by atomic mass is 19.4. The number of alkyl halides is 3. The van der Waals surface area contributed by atoms with Crippen LogP contribution in [0.15, 0.2) is 36.4 Å². The first-order valence-corrected chi connectivity index (χ1v) is 5.24. The predicted molar refractivity (Wildman–Crippen MR) is 61.6 cm³/mol. The summed E-state index contributed by atoms with van der Waals surface area (Å²) in [6.45, 7) is 1.80. The van der Waals surface area contributed by atoms with E-state index in [0.29, 0.717) is 5.39 Å². The van der Waals surface area contributed by atoms with E-state index in [1.807, 2.05) is 6.07 Å². The predicted octanol–water partition coefficient (Wildman–Crippen LogP) is 3.88. The van der Waals surface area contributed by atoms with E-state index >= 15 is 0 Å². The van der Waals surface area contributed by atoms with Crippen molar-refractivity contribution in [1.82, 2.24) is 0 Å². The number of hydrogen-bond acceptors (Lipinski definition) is 1. The van der Waals surface area contributed by atoms with Gasteiger partial charge in [0, 0.05) is 6.04 Å². The molecule has 17 heavy (non-hydrogen) atoms. The van der Waals surface area contributed by atoms with Crippen molar-refractivity contribution in [2.45, 2.75) is 19.1 Å². The SMILES string of the molecule is CC(N)c1ccc2ccc(C(F)(F)F)cc2c1. The summed E-state index contributed by atoms with van der Waals surface area (Å²) in [4.78, 5) is 0. The second kappa shape index (κ2) is 4.04. The van der Waals surface area contributed by atoms with Crippen LogP contribution in [-0.4, -0.2) is 0 Å². The average molecular weight is 239 g/mol. The molecule has 90 valence electrons. The van der Waals surface area contributed by atoms with Crippen LogP contribution in [0.4, 0.5) is 13.2 Å². The maximum Gasteiger partial charge on any atom is 0.416 e. The van der Waals surface area contributed by atoms with E-state index in [1.54, 1.807) is 19.1 Å². The number of halogens is 3. The van der Waals surface area contributed by atoms with Crippen LogP contribution in [0, 0.1) is 0 Å². The van der Waals surface area contributed by atoms with Gasteiger partial charge in [-0.25, -0.2) is 0 Å². The van der Waals surface area contributed by atoms with Crippen molar-refractivity contribution in [3.05, 3.63) is 47.5 Å². The van der Waals surface area contributed by atoms with Crippen LogP contribution in [-0.2, 0) is 6.18 Å². The molecule has 0 saturated carbocycles. The Morgan fingerprint density at radius 1 is 1.00 bits per heavy atom. The van der Waals surface area contributed by atoms with E-state index in [0.717, 1.165) is 23.1 Å². The highest BCUT2D eigenvalue weighted by Crippen LogP contribution is 2.31. The summed E-state index contributed by atoms with van der Waals surface area (Å²) in [5.41, 5.74) is 5.90. The zero-order chi connectivity index (χ0) is 12.6. The maximum atomic E-state index is 12.6. The van der Waals surface area contributed by atoms with Gasteiger partial charge in [0.15, 0.2) is 0 Å². The zero-order valence-electron chi connectivity index (χ0n) is 9.25. The third-order valence-corrected chi connectivity index (χ3v) is 2.72. The van der Waals surface area contributed by atoms with Crippen molar-refractivity contribution in [2.24, 2.45) is 5.73 Å². The van der Waals surface area contributed by atoms with Gasteiger partial charge >= 0.3 is 6.18 Å². The molecule has 0 aromatic heterocycles. The molecular weight excluding hydrogens is 227 g/mol. The van der Waals surface area contributed by atoms with Gasteiger partial charge in [-0.15, -0.1) is 0 Å². The summed E-state index contributed by atoms with van der Waals surface area (Å²) >= 11 is 0. The van der Waals surface area contributed by atoms with Crippen LogP contribution in [0.5, 0.6) is 0 Å². The summed E-state index contributed by atoms with van der Waals surface area (Å²) in [6, 6.07) is 8.86. The van der Waals surface area contributed by atoms with Gasteiger partial charge in [-0.05, 0) is 41.5 Å². The van der Waals surface area contributed by atoms with Crippen molar-refractivity contribution >= 4 is 10.8 Å². The number of rotatable bonds is 1. The van der Waals surface area contributed by atoms with Crippen molar-refractivity contribution in [2.75, 3.05) is 0 Å². The first-order chi connectivity index (χ1) is 7.88. The Kier molecular flexibility index (Phi) is 2.83. The fraction of sp³-hybridized carbons (Fsp3) is 0.231.